The molecule has 0 aromatic carbocycles. The van der Waals surface area contributed by atoms with Crippen LogP contribution in [-0.4, -0.2) is 34.9 Å². The first kappa shape index (κ1) is 15.9. The third-order valence-corrected chi connectivity index (χ3v) is 5.36. The molecule has 0 spiro atoms. The lowest BCUT2D eigenvalue weighted by molar-refractivity contribution is -0.132. The topological polar surface area (TPSA) is 32.3 Å². The molecule has 1 N–H and O–H groups in total. The Bertz CT molecular complexity index is 422. The van der Waals surface area contributed by atoms with Gasteiger partial charge in [-0.1, -0.05) is 19.4 Å². The monoisotopic (exact) mass is 312 g/mol. The van der Waals surface area contributed by atoms with Crippen LogP contribution in [0.3, 0.4) is 0 Å². The van der Waals surface area contributed by atoms with Gasteiger partial charge in [-0.15, -0.1) is 11.3 Å². The minimum Gasteiger partial charge on any atom is -0.318 e. The standard InChI is InChI=1S/C15H24N2OS2/c1-4-6-12-15(18)17(11(2)8-10-19-3)14(16-12)13-7-5-9-20-13/h5,7,9,11-12,14,16H,4,6,8,10H2,1-3H3. The molecule has 1 aromatic rings. The lowest BCUT2D eigenvalue weighted by Crippen LogP contribution is -2.38. The second-order valence-electron chi connectivity index (χ2n) is 5.30. The van der Waals surface area contributed by atoms with Gasteiger partial charge < -0.3 is 4.90 Å². The molecule has 0 bridgehead atoms. The molecule has 3 unspecified atom stereocenters. The van der Waals surface area contributed by atoms with E-state index in [1.807, 2.05) is 11.8 Å². The molecule has 1 aliphatic rings. The SMILES string of the molecule is CCCC1NC(c2cccs2)N(C(C)CCSC)C1=O. The predicted octanol–water partition coefficient (Wildman–Crippen LogP) is 3.49. The molecule has 2 rings (SSSR count). The zero-order valence-corrected chi connectivity index (χ0v) is 14.1. The Kier molecular flexibility index (Phi) is 5.93. The molecular weight excluding hydrogens is 288 g/mol. The fraction of sp³-hybridized carbons (Fsp3) is 0.667. The largest absolute Gasteiger partial charge is 0.318 e. The molecule has 1 saturated heterocycles. The lowest BCUT2D eigenvalue weighted by atomic mass is 10.1. The van der Waals surface area contributed by atoms with Crippen molar-refractivity contribution in [1.29, 1.82) is 0 Å². The second-order valence-corrected chi connectivity index (χ2v) is 7.27. The van der Waals surface area contributed by atoms with Gasteiger partial charge in [-0.25, -0.2) is 0 Å². The maximum absolute atomic E-state index is 12.7. The van der Waals surface area contributed by atoms with E-state index in [-0.39, 0.29) is 24.2 Å². The third kappa shape index (κ3) is 3.38. The van der Waals surface area contributed by atoms with E-state index >= 15 is 0 Å². The Morgan fingerprint density at radius 1 is 1.55 bits per heavy atom. The molecule has 0 aliphatic carbocycles. The number of nitrogens with one attached hydrogen (secondary N) is 1. The molecule has 3 nitrogen and oxygen atoms in total. The first-order valence-electron chi connectivity index (χ1n) is 7.29. The molecule has 5 heteroatoms. The van der Waals surface area contributed by atoms with Crippen LogP contribution in [0.1, 0.15) is 44.2 Å². The van der Waals surface area contributed by atoms with Gasteiger partial charge in [-0.2, -0.15) is 11.8 Å². The van der Waals surface area contributed by atoms with Crippen molar-refractivity contribution in [3.05, 3.63) is 22.4 Å². The van der Waals surface area contributed by atoms with Gasteiger partial charge in [0.05, 0.1) is 6.04 Å². The van der Waals surface area contributed by atoms with Crippen LogP contribution in [0.25, 0.3) is 0 Å². The van der Waals surface area contributed by atoms with Crippen molar-refractivity contribution in [2.45, 2.75) is 51.4 Å². The number of rotatable bonds is 7. The number of carbonyl (C=O) groups excluding carboxylic acids is 1. The van der Waals surface area contributed by atoms with Crippen molar-refractivity contribution in [3.8, 4) is 0 Å². The Hall–Kier alpha value is -0.520. The molecule has 3 atom stereocenters. The highest BCUT2D eigenvalue weighted by Crippen LogP contribution is 2.32. The van der Waals surface area contributed by atoms with Gasteiger partial charge in [0.15, 0.2) is 0 Å². The van der Waals surface area contributed by atoms with Crippen LogP contribution in [0.4, 0.5) is 0 Å². The molecule has 112 valence electrons. The summed E-state index contributed by atoms with van der Waals surface area (Å²) in [7, 11) is 0. The molecule has 0 radical (unpaired) electrons. The predicted molar refractivity (Wildman–Crippen MR) is 88.2 cm³/mol. The van der Waals surface area contributed by atoms with Crippen LogP contribution in [-0.2, 0) is 4.79 Å². The summed E-state index contributed by atoms with van der Waals surface area (Å²) in [6.07, 6.45) is 5.19. The molecule has 2 heterocycles. The molecule has 1 aliphatic heterocycles. The number of thiophene rings is 1. The van der Waals surface area contributed by atoms with Gasteiger partial charge in [0.25, 0.3) is 0 Å². The van der Waals surface area contributed by atoms with E-state index < -0.39 is 0 Å². The van der Waals surface area contributed by atoms with E-state index in [9.17, 15) is 4.79 Å². The average molecular weight is 313 g/mol. The van der Waals surface area contributed by atoms with Crippen LogP contribution in [0, 0.1) is 0 Å². The van der Waals surface area contributed by atoms with Crippen molar-refractivity contribution in [1.82, 2.24) is 10.2 Å². The summed E-state index contributed by atoms with van der Waals surface area (Å²) in [5.74, 6) is 1.37. The Labute approximate surface area is 130 Å². The first-order chi connectivity index (χ1) is 9.69. The molecule has 1 amide bonds. The number of nitrogens with zero attached hydrogens (tertiary/aromatic N) is 1. The zero-order chi connectivity index (χ0) is 14.5. The minimum atomic E-state index is -0.0103. The Morgan fingerprint density at radius 3 is 2.95 bits per heavy atom. The van der Waals surface area contributed by atoms with Crippen LogP contribution in [0.5, 0.6) is 0 Å². The lowest BCUT2D eigenvalue weighted by Gasteiger charge is -2.29. The summed E-state index contributed by atoms with van der Waals surface area (Å²) in [5, 5.41) is 5.61. The van der Waals surface area contributed by atoms with E-state index in [1.165, 1.54) is 4.88 Å². The summed E-state index contributed by atoms with van der Waals surface area (Å²) in [6.45, 7) is 4.31. The van der Waals surface area contributed by atoms with E-state index in [4.69, 9.17) is 0 Å². The summed E-state index contributed by atoms with van der Waals surface area (Å²) in [5.41, 5.74) is 0. The van der Waals surface area contributed by atoms with E-state index in [0.29, 0.717) is 0 Å². The molecule has 1 aromatic heterocycles. The Morgan fingerprint density at radius 2 is 2.35 bits per heavy atom. The van der Waals surface area contributed by atoms with Crippen LogP contribution >= 0.6 is 23.1 Å². The quantitative estimate of drug-likeness (QED) is 0.836. The van der Waals surface area contributed by atoms with E-state index in [0.717, 1.165) is 25.0 Å². The summed E-state index contributed by atoms with van der Waals surface area (Å²) in [4.78, 5) is 16.0. The maximum atomic E-state index is 12.7. The van der Waals surface area contributed by atoms with Gasteiger partial charge in [-0.05, 0) is 43.2 Å². The van der Waals surface area contributed by atoms with Gasteiger partial charge in [-0.3, -0.25) is 10.1 Å². The van der Waals surface area contributed by atoms with Crippen molar-refractivity contribution in [3.63, 3.8) is 0 Å². The highest BCUT2D eigenvalue weighted by Gasteiger charge is 2.41. The number of amides is 1. The highest BCUT2D eigenvalue weighted by atomic mass is 32.2. The maximum Gasteiger partial charge on any atom is 0.241 e. The van der Waals surface area contributed by atoms with Crippen molar-refractivity contribution < 1.29 is 4.79 Å². The van der Waals surface area contributed by atoms with Gasteiger partial charge >= 0.3 is 0 Å². The molecule has 1 fully saturated rings. The molecule has 20 heavy (non-hydrogen) atoms. The molecular formula is C15H24N2OS2. The van der Waals surface area contributed by atoms with Crippen molar-refractivity contribution in [2.75, 3.05) is 12.0 Å². The van der Waals surface area contributed by atoms with E-state index in [2.05, 4.69) is 47.8 Å². The third-order valence-electron chi connectivity index (χ3n) is 3.79. The second kappa shape index (κ2) is 7.48. The number of carbonyl (C=O) groups is 1. The fourth-order valence-electron chi connectivity index (χ4n) is 2.71. The summed E-state index contributed by atoms with van der Waals surface area (Å²) in [6, 6.07) is 4.46. The Balaban J connectivity index is 2.16. The minimum absolute atomic E-state index is 0.0103. The zero-order valence-electron chi connectivity index (χ0n) is 12.5. The van der Waals surface area contributed by atoms with E-state index in [1.54, 1.807) is 11.3 Å². The van der Waals surface area contributed by atoms with Gasteiger partial charge in [0.2, 0.25) is 5.91 Å². The fourth-order valence-corrected chi connectivity index (χ4v) is 4.07. The van der Waals surface area contributed by atoms with Crippen molar-refractivity contribution in [2.24, 2.45) is 0 Å². The smallest absolute Gasteiger partial charge is 0.241 e. The van der Waals surface area contributed by atoms with Crippen LogP contribution < -0.4 is 5.32 Å². The summed E-state index contributed by atoms with van der Waals surface area (Å²) >= 11 is 3.57. The van der Waals surface area contributed by atoms with Crippen LogP contribution in [0.2, 0.25) is 0 Å². The molecule has 0 saturated carbocycles. The number of hydrogen-bond acceptors (Lipinski definition) is 4. The van der Waals surface area contributed by atoms with Gasteiger partial charge in [0.1, 0.15) is 6.17 Å². The number of thioether (sulfide) groups is 1. The summed E-state index contributed by atoms with van der Waals surface area (Å²) < 4.78 is 0. The highest BCUT2D eigenvalue weighted by molar-refractivity contribution is 7.98. The van der Waals surface area contributed by atoms with Crippen LogP contribution in [0.15, 0.2) is 17.5 Å². The normalized spacial score (nSPS) is 24.4. The first-order valence-corrected chi connectivity index (χ1v) is 9.57. The van der Waals surface area contributed by atoms with Gasteiger partial charge in [0, 0.05) is 10.9 Å². The number of hydrogen-bond donors (Lipinski definition) is 1. The average Bonchev–Trinajstić information content (AvgIpc) is 3.05. The van der Waals surface area contributed by atoms with Crippen molar-refractivity contribution >= 4 is 29.0 Å².